The lowest BCUT2D eigenvalue weighted by Crippen LogP contribution is -2.62. The molecule has 0 spiro atoms. The molecule has 4 saturated carbocycles. The Bertz CT molecular complexity index is 656. The number of benzene rings is 1. The molecule has 4 aliphatic carbocycles. The molecule has 1 aromatic rings. The highest BCUT2D eigenvalue weighted by Crippen LogP contribution is 2.55. The molecule has 0 saturated heterocycles. The third kappa shape index (κ3) is 3.76. The monoisotopic (exact) mass is 362 g/mol. The van der Waals surface area contributed by atoms with Crippen LogP contribution in [0.5, 0.6) is 5.75 Å². The molecule has 5 nitrogen and oxygen atoms in total. The fourth-order valence-corrected chi connectivity index (χ4v) is 5.58. The summed E-state index contributed by atoms with van der Waals surface area (Å²) in [6, 6.07) is 6.42. The van der Waals surface area contributed by atoms with Crippen LogP contribution in [-0.2, 0) is 4.79 Å². The topological polar surface area (TPSA) is 67.4 Å². The minimum atomic E-state index is -0.456. The van der Waals surface area contributed by atoms with Crippen molar-refractivity contribution >= 4 is 23.5 Å². The molecule has 25 heavy (non-hydrogen) atoms. The normalized spacial score (nSPS) is 32.3. The number of imide groups is 1. The Morgan fingerprint density at radius 2 is 1.76 bits per heavy atom. The van der Waals surface area contributed by atoms with Gasteiger partial charge in [0.25, 0.3) is 5.91 Å². The van der Waals surface area contributed by atoms with E-state index in [9.17, 15) is 9.59 Å². The van der Waals surface area contributed by atoms with Crippen molar-refractivity contribution in [2.24, 2.45) is 17.8 Å². The van der Waals surface area contributed by atoms with E-state index >= 15 is 0 Å². The number of hydrogen-bond acceptors (Lipinski definition) is 3. The van der Waals surface area contributed by atoms with Crippen molar-refractivity contribution in [3.05, 3.63) is 29.3 Å². The molecular weight excluding hydrogens is 340 g/mol. The Labute approximate surface area is 152 Å². The lowest BCUT2D eigenvalue weighted by molar-refractivity contribution is -0.122. The van der Waals surface area contributed by atoms with Gasteiger partial charge < -0.3 is 10.1 Å². The van der Waals surface area contributed by atoms with E-state index in [1.54, 1.807) is 24.3 Å². The molecule has 5 rings (SSSR count). The molecular formula is C19H23ClN2O3. The molecule has 4 fully saturated rings. The molecule has 3 amide bonds. The lowest BCUT2D eigenvalue weighted by Gasteiger charge is -2.56. The van der Waals surface area contributed by atoms with Crippen molar-refractivity contribution in [2.75, 3.05) is 6.61 Å². The second kappa shape index (κ2) is 6.52. The van der Waals surface area contributed by atoms with Gasteiger partial charge in [-0.25, -0.2) is 4.79 Å². The van der Waals surface area contributed by atoms with Crippen LogP contribution in [0.15, 0.2) is 24.3 Å². The summed E-state index contributed by atoms with van der Waals surface area (Å²) in [7, 11) is 0. The van der Waals surface area contributed by atoms with Crippen LogP contribution in [-0.4, -0.2) is 24.1 Å². The van der Waals surface area contributed by atoms with Gasteiger partial charge in [-0.05, 0) is 74.5 Å². The summed E-state index contributed by atoms with van der Waals surface area (Å²) in [6.07, 6.45) is 7.11. The van der Waals surface area contributed by atoms with E-state index in [4.69, 9.17) is 16.3 Å². The molecule has 0 atom stereocenters. The van der Waals surface area contributed by atoms with Crippen LogP contribution in [0.2, 0.25) is 5.02 Å². The van der Waals surface area contributed by atoms with Gasteiger partial charge in [0, 0.05) is 10.6 Å². The zero-order valence-corrected chi connectivity index (χ0v) is 14.8. The number of hydrogen-bond donors (Lipinski definition) is 2. The number of amides is 3. The number of rotatable bonds is 4. The van der Waals surface area contributed by atoms with Crippen LogP contribution in [0.1, 0.15) is 38.5 Å². The van der Waals surface area contributed by atoms with E-state index in [1.165, 1.54) is 19.3 Å². The van der Waals surface area contributed by atoms with Gasteiger partial charge in [-0.1, -0.05) is 17.7 Å². The lowest BCUT2D eigenvalue weighted by atomic mass is 9.53. The SMILES string of the molecule is O=C(COc1cccc(Cl)c1)NC(=O)NC12CC3CC(CC(C3)C1)C2. The van der Waals surface area contributed by atoms with Crippen molar-refractivity contribution in [1.82, 2.24) is 10.6 Å². The van der Waals surface area contributed by atoms with E-state index in [1.807, 2.05) is 0 Å². The average molecular weight is 363 g/mol. The Kier molecular flexibility index (Phi) is 4.36. The van der Waals surface area contributed by atoms with Gasteiger partial charge in [-0.2, -0.15) is 0 Å². The molecule has 2 N–H and O–H groups in total. The van der Waals surface area contributed by atoms with Gasteiger partial charge >= 0.3 is 6.03 Å². The first-order valence-electron chi connectivity index (χ1n) is 9.00. The predicted molar refractivity (Wildman–Crippen MR) is 94.5 cm³/mol. The molecule has 134 valence electrons. The molecule has 0 aliphatic heterocycles. The molecule has 4 aliphatic rings. The highest BCUT2D eigenvalue weighted by molar-refractivity contribution is 6.30. The molecule has 0 unspecified atom stereocenters. The first kappa shape index (κ1) is 16.7. The first-order valence-corrected chi connectivity index (χ1v) is 9.38. The molecule has 1 aromatic carbocycles. The second-order valence-corrected chi connectivity index (χ2v) is 8.38. The number of ether oxygens (including phenoxy) is 1. The maximum Gasteiger partial charge on any atom is 0.321 e. The smallest absolute Gasteiger partial charge is 0.321 e. The minimum Gasteiger partial charge on any atom is -0.484 e. The zero-order chi connectivity index (χ0) is 17.4. The third-order valence-corrected chi connectivity index (χ3v) is 6.07. The summed E-state index contributed by atoms with van der Waals surface area (Å²) in [6.45, 7) is -0.214. The van der Waals surface area contributed by atoms with Gasteiger partial charge in [0.2, 0.25) is 0 Å². The van der Waals surface area contributed by atoms with Crippen molar-refractivity contribution in [3.8, 4) is 5.75 Å². The van der Waals surface area contributed by atoms with Gasteiger partial charge in [-0.15, -0.1) is 0 Å². The van der Waals surface area contributed by atoms with Crippen LogP contribution >= 0.6 is 11.6 Å². The van der Waals surface area contributed by atoms with E-state index in [2.05, 4.69) is 10.6 Å². The highest BCUT2D eigenvalue weighted by Gasteiger charge is 2.51. The Balaban J connectivity index is 1.28. The maximum atomic E-state index is 12.3. The van der Waals surface area contributed by atoms with Crippen LogP contribution in [0.4, 0.5) is 4.79 Å². The maximum absolute atomic E-state index is 12.3. The average Bonchev–Trinajstić information content (AvgIpc) is 2.51. The summed E-state index contributed by atoms with van der Waals surface area (Å²) in [5.41, 5.74) is -0.104. The van der Waals surface area contributed by atoms with E-state index < -0.39 is 11.9 Å². The summed E-state index contributed by atoms with van der Waals surface area (Å²) in [5.74, 6) is 2.28. The number of carbonyl (C=O) groups is 2. The Hall–Kier alpha value is -1.75. The second-order valence-electron chi connectivity index (χ2n) is 7.95. The Morgan fingerprint density at radius 3 is 2.36 bits per heavy atom. The van der Waals surface area contributed by atoms with Gasteiger partial charge in [0.15, 0.2) is 6.61 Å². The predicted octanol–water partition coefficient (Wildman–Crippen LogP) is 3.51. The van der Waals surface area contributed by atoms with E-state index in [0.717, 1.165) is 37.0 Å². The fourth-order valence-electron chi connectivity index (χ4n) is 5.40. The standard InChI is InChI=1S/C19H23ClN2O3/c20-15-2-1-3-16(7-15)25-11-17(23)21-18(24)22-19-8-12-4-13(9-19)6-14(5-12)10-19/h1-3,7,12-14H,4-6,8-11H2,(H2,21,22,23,24). The van der Waals surface area contributed by atoms with Crippen LogP contribution in [0, 0.1) is 17.8 Å². The largest absolute Gasteiger partial charge is 0.484 e. The number of halogens is 1. The van der Waals surface area contributed by atoms with E-state index in [0.29, 0.717) is 10.8 Å². The summed E-state index contributed by atoms with van der Waals surface area (Å²) < 4.78 is 5.37. The number of nitrogens with one attached hydrogen (secondary N) is 2. The van der Waals surface area contributed by atoms with Crippen LogP contribution < -0.4 is 15.4 Å². The van der Waals surface area contributed by atoms with Gasteiger partial charge in [0.1, 0.15) is 5.75 Å². The van der Waals surface area contributed by atoms with Crippen molar-refractivity contribution in [3.63, 3.8) is 0 Å². The summed E-state index contributed by atoms with van der Waals surface area (Å²) in [5, 5.41) is 6.05. The van der Waals surface area contributed by atoms with E-state index in [-0.39, 0.29) is 12.1 Å². The van der Waals surface area contributed by atoms with Crippen molar-refractivity contribution in [2.45, 2.75) is 44.1 Å². The Morgan fingerprint density at radius 1 is 1.12 bits per heavy atom. The molecule has 0 heterocycles. The number of urea groups is 1. The molecule has 0 radical (unpaired) electrons. The van der Waals surface area contributed by atoms with Crippen LogP contribution in [0.3, 0.4) is 0 Å². The highest BCUT2D eigenvalue weighted by atomic mass is 35.5. The molecule has 0 aromatic heterocycles. The van der Waals surface area contributed by atoms with Crippen LogP contribution in [0.25, 0.3) is 0 Å². The van der Waals surface area contributed by atoms with Gasteiger partial charge in [-0.3, -0.25) is 10.1 Å². The minimum absolute atomic E-state index is 0.104. The summed E-state index contributed by atoms with van der Waals surface area (Å²) in [4.78, 5) is 24.3. The summed E-state index contributed by atoms with van der Waals surface area (Å²) >= 11 is 5.87. The van der Waals surface area contributed by atoms with Crippen molar-refractivity contribution in [1.29, 1.82) is 0 Å². The molecule has 4 bridgehead atoms. The fraction of sp³-hybridized carbons (Fsp3) is 0.579. The van der Waals surface area contributed by atoms with Gasteiger partial charge in [0.05, 0.1) is 0 Å². The van der Waals surface area contributed by atoms with Crippen molar-refractivity contribution < 1.29 is 14.3 Å². The third-order valence-electron chi connectivity index (χ3n) is 5.84. The zero-order valence-electron chi connectivity index (χ0n) is 14.1. The molecule has 6 heteroatoms. The quantitative estimate of drug-likeness (QED) is 0.861. The first-order chi connectivity index (χ1) is 12.0. The number of carbonyl (C=O) groups excluding carboxylic acids is 2.